The first-order chi connectivity index (χ1) is 12.8. The number of anilines is 1. The van der Waals surface area contributed by atoms with Gasteiger partial charge in [0.2, 0.25) is 11.0 Å². The van der Waals surface area contributed by atoms with Gasteiger partial charge in [0.05, 0.1) is 4.90 Å². The van der Waals surface area contributed by atoms with Crippen LogP contribution in [0.2, 0.25) is 0 Å². The summed E-state index contributed by atoms with van der Waals surface area (Å²) in [5, 5.41) is 11.0. The van der Waals surface area contributed by atoms with E-state index in [9.17, 15) is 13.2 Å². The lowest BCUT2D eigenvalue weighted by Crippen LogP contribution is -2.37. The number of rotatable bonds is 6. The molecule has 7 nitrogen and oxygen atoms in total. The van der Waals surface area contributed by atoms with E-state index in [4.69, 9.17) is 0 Å². The molecule has 1 aromatic carbocycles. The minimum Gasteiger partial charge on any atom is -0.353 e. The van der Waals surface area contributed by atoms with Crippen molar-refractivity contribution in [3.8, 4) is 0 Å². The Morgan fingerprint density at radius 2 is 1.96 bits per heavy atom. The number of nitrogens with zero attached hydrogens (tertiary/aromatic N) is 3. The number of nitrogens with one attached hydrogen (secondary N) is 1. The molecule has 0 saturated heterocycles. The van der Waals surface area contributed by atoms with E-state index in [1.165, 1.54) is 28.1 Å². The number of carbonyl (C=O) groups is 1. The lowest BCUT2D eigenvalue weighted by atomic mass is 9.94. The van der Waals surface area contributed by atoms with Crippen molar-refractivity contribution in [3.63, 3.8) is 0 Å². The molecule has 0 spiro atoms. The molecule has 0 aliphatic heterocycles. The second-order valence-corrected chi connectivity index (χ2v) is 9.66. The number of benzene rings is 1. The molecule has 1 heterocycles. The number of hydrogen-bond donors (Lipinski definition) is 1. The zero-order valence-corrected chi connectivity index (χ0v) is 17.3. The first-order valence-electron chi connectivity index (χ1n) is 8.98. The number of amides is 1. The third-order valence-electron chi connectivity index (χ3n) is 4.78. The summed E-state index contributed by atoms with van der Waals surface area (Å²) in [5.74, 6) is 0.186. The van der Waals surface area contributed by atoms with E-state index >= 15 is 0 Å². The SMILES string of the molecule is CC(=O)NC1CCCC1c1ccc(S(=O)(=O)N(c2nncs2)C(C)C)cc1. The highest BCUT2D eigenvalue weighted by Crippen LogP contribution is 2.35. The molecule has 27 heavy (non-hydrogen) atoms. The molecule has 1 aliphatic rings. The highest BCUT2D eigenvalue weighted by atomic mass is 32.2. The summed E-state index contributed by atoms with van der Waals surface area (Å²) in [6.07, 6.45) is 2.98. The first-order valence-corrected chi connectivity index (χ1v) is 11.3. The van der Waals surface area contributed by atoms with Crippen LogP contribution in [-0.2, 0) is 14.8 Å². The van der Waals surface area contributed by atoms with Gasteiger partial charge in [-0.05, 0) is 44.4 Å². The summed E-state index contributed by atoms with van der Waals surface area (Å²) in [6, 6.07) is 6.83. The molecule has 1 aliphatic carbocycles. The van der Waals surface area contributed by atoms with Crippen molar-refractivity contribution in [1.29, 1.82) is 0 Å². The standard InChI is InChI=1S/C18H24N4O3S2/c1-12(2)22(18-21-19-11-26-18)27(24,25)15-9-7-14(8-10-15)16-5-4-6-17(16)20-13(3)23/h7-12,16-17H,4-6H2,1-3H3,(H,20,23). The first kappa shape index (κ1) is 19.8. The fourth-order valence-corrected chi connectivity index (χ4v) is 6.18. The van der Waals surface area contributed by atoms with Crippen LogP contribution in [0.25, 0.3) is 0 Å². The normalized spacial score (nSPS) is 20.0. The summed E-state index contributed by atoms with van der Waals surface area (Å²) < 4.78 is 27.5. The Hall–Kier alpha value is -2.00. The van der Waals surface area contributed by atoms with Crippen LogP contribution in [0.1, 0.15) is 51.5 Å². The van der Waals surface area contributed by atoms with Crippen molar-refractivity contribution in [2.75, 3.05) is 4.31 Å². The van der Waals surface area contributed by atoms with E-state index in [-0.39, 0.29) is 28.8 Å². The lowest BCUT2D eigenvalue weighted by molar-refractivity contribution is -0.119. The van der Waals surface area contributed by atoms with E-state index in [1.807, 2.05) is 26.0 Å². The quantitative estimate of drug-likeness (QED) is 0.793. The fraction of sp³-hybridized carbons (Fsp3) is 0.500. The van der Waals surface area contributed by atoms with Gasteiger partial charge in [0.25, 0.3) is 10.0 Å². The van der Waals surface area contributed by atoms with Crippen LogP contribution in [0.15, 0.2) is 34.7 Å². The zero-order chi connectivity index (χ0) is 19.6. The summed E-state index contributed by atoms with van der Waals surface area (Å²) in [5.41, 5.74) is 2.57. The lowest BCUT2D eigenvalue weighted by Gasteiger charge is -2.25. The van der Waals surface area contributed by atoms with E-state index in [0.29, 0.717) is 5.13 Å². The van der Waals surface area contributed by atoms with E-state index in [1.54, 1.807) is 12.1 Å². The van der Waals surface area contributed by atoms with Crippen LogP contribution in [0.3, 0.4) is 0 Å². The molecule has 1 N–H and O–H groups in total. The van der Waals surface area contributed by atoms with Crippen molar-refractivity contribution in [2.24, 2.45) is 0 Å². The molecular formula is C18H24N4O3S2. The fourth-order valence-electron chi connectivity index (χ4n) is 3.66. The van der Waals surface area contributed by atoms with Crippen molar-refractivity contribution in [3.05, 3.63) is 35.3 Å². The Morgan fingerprint density at radius 1 is 1.26 bits per heavy atom. The van der Waals surface area contributed by atoms with Crippen molar-refractivity contribution < 1.29 is 13.2 Å². The molecule has 0 bridgehead atoms. The highest BCUT2D eigenvalue weighted by Gasteiger charge is 2.32. The monoisotopic (exact) mass is 408 g/mol. The third-order valence-corrected chi connectivity index (χ3v) is 7.56. The molecule has 146 valence electrons. The van der Waals surface area contributed by atoms with Crippen LogP contribution in [0.4, 0.5) is 5.13 Å². The molecule has 1 saturated carbocycles. The molecule has 1 fully saturated rings. The summed E-state index contributed by atoms with van der Waals surface area (Å²) >= 11 is 1.19. The molecule has 1 amide bonds. The Morgan fingerprint density at radius 3 is 2.52 bits per heavy atom. The van der Waals surface area contributed by atoms with Crippen LogP contribution < -0.4 is 9.62 Å². The maximum absolute atomic E-state index is 13.1. The molecule has 2 unspecified atom stereocenters. The molecule has 0 radical (unpaired) electrons. The van der Waals surface area contributed by atoms with Gasteiger partial charge in [-0.1, -0.05) is 29.9 Å². The highest BCUT2D eigenvalue weighted by molar-refractivity contribution is 7.93. The van der Waals surface area contributed by atoms with Crippen LogP contribution in [-0.4, -0.2) is 36.6 Å². The largest absolute Gasteiger partial charge is 0.353 e. The average Bonchev–Trinajstić information content (AvgIpc) is 3.26. The number of carbonyl (C=O) groups excluding carboxylic acids is 1. The topological polar surface area (TPSA) is 92.3 Å². The Balaban J connectivity index is 1.87. The van der Waals surface area contributed by atoms with Crippen LogP contribution >= 0.6 is 11.3 Å². The van der Waals surface area contributed by atoms with Gasteiger partial charge in [0.15, 0.2) is 0 Å². The minimum atomic E-state index is -3.72. The second-order valence-electron chi connectivity index (χ2n) is 7.03. The molecule has 3 rings (SSSR count). The van der Waals surface area contributed by atoms with Gasteiger partial charge >= 0.3 is 0 Å². The van der Waals surface area contributed by atoms with E-state index in [2.05, 4.69) is 15.5 Å². The Kier molecular flexibility index (Phi) is 5.81. The number of hydrogen-bond acceptors (Lipinski definition) is 6. The van der Waals surface area contributed by atoms with E-state index in [0.717, 1.165) is 24.8 Å². The summed E-state index contributed by atoms with van der Waals surface area (Å²) in [4.78, 5) is 11.6. The number of aromatic nitrogens is 2. The van der Waals surface area contributed by atoms with Crippen molar-refractivity contribution in [1.82, 2.24) is 15.5 Å². The smallest absolute Gasteiger partial charge is 0.266 e. The molecular weight excluding hydrogens is 384 g/mol. The molecule has 2 aromatic rings. The second kappa shape index (κ2) is 7.93. The van der Waals surface area contributed by atoms with Gasteiger partial charge in [0, 0.05) is 24.9 Å². The predicted molar refractivity (Wildman–Crippen MR) is 105 cm³/mol. The van der Waals surface area contributed by atoms with Gasteiger partial charge in [-0.25, -0.2) is 12.7 Å². The van der Waals surface area contributed by atoms with E-state index < -0.39 is 10.0 Å². The van der Waals surface area contributed by atoms with Gasteiger partial charge in [0.1, 0.15) is 5.51 Å². The maximum atomic E-state index is 13.1. The van der Waals surface area contributed by atoms with Gasteiger partial charge in [-0.3, -0.25) is 4.79 Å². The van der Waals surface area contributed by atoms with Gasteiger partial charge < -0.3 is 5.32 Å². The number of sulfonamides is 1. The minimum absolute atomic E-state index is 0.0317. The summed E-state index contributed by atoms with van der Waals surface area (Å²) in [6.45, 7) is 5.15. The molecule has 9 heteroatoms. The maximum Gasteiger partial charge on any atom is 0.266 e. The average molecular weight is 409 g/mol. The third kappa shape index (κ3) is 4.14. The van der Waals surface area contributed by atoms with Crippen molar-refractivity contribution in [2.45, 2.75) is 62.9 Å². The summed E-state index contributed by atoms with van der Waals surface area (Å²) in [7, 11) is -3.72. The van der Waals surface area contributed by atoms with Crippen LogP contribution in [0.5, 0.6) is 0 Å². The Bertz CT molecular complexity index is 880. The zero-order valence-electron chi connectivity index (χ0n) is 15.6. The van der Waals surface area contributed by atoms with Crippen LogP contribution in [0, 0.1) is 0 Å². The Labute approximate surface area is 163 Å². The van der Waals surface area contributed by atoms with Crippen molar-refractivity contribution >= 4 is 32.4 Å². The van der Waals surface area contributed by atoms with Gasteiger partial charge in [-0.15, -0.1) is 10.2 Å². The molecule has 2 atom stereocenters. The van der Waals surface area contributed by atoms with Gasteiger partial charge in [-0.2, -0.15) is 0 Å². The molecule has 1 aromatic heterocycles. The predicted octanol–water partition coefficient (Wildman–Crippen LogP) is 2.91.